The lowest BCUT2D eigenvalue weighted by Gasteiger charge is -2.24. The van der Waals surface area contributed by atoms with E-state index in [1.54, 1.807) is 0 Å². The molecule has 4 nitrogen and oxygen atoms in total. The summed E-state index contributed by atoms with van der Waals surface area (Å²) in [6, 6.07) is 0.690. The SMILES string of the molecule is CCCn1ccnc1N1C[C@@H]2CCCN[C@@H]2C1. The molecule has 0 radical (unpaired) electrons. The number of imidazole rings is 1. The molecule has 94 valence electrons. The van der Waals surface area contributed by atoms with E-state index in [-0.39, 0.29) is 0 Å². The number of aromatic nitrogens is 2. The molecular weight excluding hydrogens is 212 g/mol. The zero-order chi connectivity index (χ0) is 11.7. The van der Waals surface area contributed by atoms with Gasteiger partial charge in [0.15, 0.2) is 0 Å². The highest BCUT2D eigenvalue weighted by atomic mass is 15.3. The normalized spacial score (nSPS) is 28.4. The number of anilines is 1. The van der Waals surface area contributed by atoms with Crippen LogP contribution in [0.2, 0.25) is 0 Å². The van der Waals surface area contributed by atoms with Crippen LogP contribution in [0.25, 0.3) is 0 Å². The quantitative estimate of drug-likeness (QED) is 0.860. The van der Waals surface area contributed by atoms with E-state index in [2.05, 4.69) is 32.9 Å². The molecule has 2 fully saturated rings. The molecule has 1 aromatic heterocycles. The first-order valence-corrected chi connectivity index (χ1v) is 6.88. The Morgan fingerprint density at radius 2 is 2.41 bits per heavy atom. The van der Waals surface area contributed by atoms with Gasteiger partial charge in [-0.15, -0.1) is 0 Å². The van der Waals surface area contributed by atoms with Crippen LogP contribution in [0.15, 0.2) is 12.4 Å². The van der Waals surface area contributed by atoms with E-state index in [1.807, 2.05) is 6.20 Å². The summed E-state index contributed by atoms with van der Waals surface area (Å²) in [7, 11) is 0. The second-order valence-corrected chi connectivity index (χ2v) is 5.29. The van der Waals surface area contributed by atoms with Gasteiger partial charge in [0.2, 0.25) is 5.95 Å². The predicted octanol–water partition coefficient (Wildman–Crippen LogP) is 1.48. The average Bonchev–Trinajstić information content (AvgIpc) is 2.94. The number of nitrogens with zero attached hydrogens (tertiary/aromatic N) is 3. The summed E-state index contributed by atoms with van der Waals surface area (Å²) >= 11 is 0. The number of hydrogen-bond acceptors (Lipinski definition) is 3. The molecule has 0 aromatic carbocycles. The summed E-state index contributed by atoms with van der Waals surface area (Å²) in [5.74, 6) is 2.00. The van der Waals surface area contributed by atoms with Crippen molar-refractivity contribution in [1.29, 1.82) is 0 Å². The van der Waals surface area contributed by atoms with Crippen molar-refractivity contribution in [3.63, 3.8) is 0 Å². The topological polar surface area (TPSA) is 33.1 Å². The van der Waals surface area contributed by atoms with Gasteiger partial charge in [0, 0.05) is 38.1 Å². The molecule has 0 amide bonds. The van der Waals surface area contributed by atoms with Crippen LogP contribution in [0.4, 0.5) is 5.95 Å². The van der Waals surface area contributed by atoms with Gasteiger partial charge in [-0.3, -0.25) is 0 Å². The zero-order valence-electron chi connectivity index (χ0n) is 10.6. The molecule has 2 atom stereocenters. The molecule has 2 aliphatic heterocycles. The van der Waals surface area contributed by atoms with Crippen molar-refractivity contribution >= 4 is 5.95 Å². The summed E-state index contributed by atoms with van der Waals surface area (Å²) in [6.45, 7) is 6.80. The molecule has 1 aromatic rings. The van der Waals surface area contributed by atoms with Crippen LogP contribution >= 0.6 is 0 Å². The first-order chi connectivity index (χ1) is 8.38. The van der Waals surface area contributed by atoms with Crippen LogP contribution in [0.1, 0.15) is 26.2 Å². The fourth-order valence-electron chi connectivity index (χ4n) is 3.21. The van der Waals surface area contributed by atoms with Gasteiger partial charge in [-0.2, -0.15) is 0 Å². The second-order valence-electron chi connectivity index (χ2n) is 5.29. The lowest BCUT2D eigenvalue weighted by Crippen LogP contribution is -2.40. The van der Waals surface area contributed by atoms with Crippen molar-refractivity contribution in [2.45, 2.75) is 38.8 Å². The molecule has 0 aliphatic carbocycles. The van der Waals surface area contributed by atoms with Gasteiger partial charge < -0.3 is 14.8 Å². The highest BCUT2D eigenvalue weighted by Gasteiger charge is 2.35. The van der Waals surface area contributed by atoms with Crippen molar-refractivity contribution in [1.82, 2.24) is 14.9 Å². The molecule has 0 spiro atoms. The number of piperidine rings is 1. The molecule has 0 saturated carbocycles. The Morgan fingerprint density at radius 3 is 3.24 bits per heavy atom. The fraction of sp³-hybridized carbons (Fsp3) is 0.769. The Kier molecular flexibility index (Phi) is 3.05. The van der Waals surface area contributed by atoms with Gasteiger partial charge >= 0.3 is 0 Å². The fourth-order valence-corrected chi connectivity index (χ4v) is 3.21. The van der Waals surface area contributed by atoms with Crippen molar-refractivity contribution in [3.8, 4) is 0 Å². The van der Waals surface area contributed by atoms with Crippen LogP contribution in [-0.4, -0.2) is 35.2 Å². The average molecular weight is 234 g/mol. The largest absolute Gasteiger partial charge is 0.340 e. The smallest absolute Gasteiger partial charge is 0.205 e. The minimum atomic E-state index is 0.690. The standard InChI is InChI=1S/C13H22N4/c1-2-7-16-8-6-15-13(16)17-9-11-4-3-5-14-12(11)10-17/h6,8,11-12,14H,2-5,7,9-10H2,1H3/t11-,12+/m0/s1. The van der Waals surface area contributed by atoms with Crippen LogP contribution in [-0.2, 0) is 6.54 Å². The van der Waals surface area contributed by atoms with E-state index < -0.39 is 0 Å². The van der Waals surface area contributed by atoms with Crippen molar-refractivity contribution in [3.05, 3.63) is 12.4 Å². The van der Waals surface area contributed by atoms with Crippen molar-refractivity contribution in [2.24, 2.45) is 5.92 Å². The van der Waals surface area contributed by atoms with Gasteiger partial charge in [0.05, 0.1) is 0 Å². The Balaban J connectivity index is 1.74. The maximum absolute atomic E-state index is 4.54. The van der Waals surface area contributed by atoms with Crippen LogP contribution in [0.5, 0.6) is 0 Å². The number of fused-ring (bicyclic) bond motifs is 1. The third kappa shape index (κ3) is 2.06. The van der Waals surface area contributed by atoms with E-state index in [0.717, 1.165) is 19.0 Å². The number of rotatable bonds is 3. The van der Waals surface area contributed by atoms with E-state index in [1.165, 1.54) is 38.3 Å². The summed E-state index contributed by atoms with van der Waals surface area (Å²) in [4.78, 5) is 7.00. The summed E-state index contributed by atoms with van der Waals surface area (Å²) in [5.41, 5.74) is 0. The first kappa shape index (κ1) is 11.1. The molecule has 3 rings (SSSR count). The Labute approximate surface area is 103 Å². The maximum Gasteiger partial charge on any atom is 0.205 e. The Hall–Kier alpha value is -1.03. The van der Waals surface area contributed by atoms with E-state index in [4.69, 9.17) is 0 Å². The maximum atomic E-state index is 4.54. The van der Waals surface area contributed by atoms with E-state index >= 15 is 0 Å². The van der Waals surface area contributed by atoms with Gasteiger partial charge in [-0.25, -0.2) is 4.98 Å². The molecule has 1 N–H and O–H groups in total. The number of nitrogens with one attached hydrogen (secondary N) is 1. The lowest BCUT2D eigenvalue weighted by atomic mass is 9.94. The van der Waals surface area contributed by atoms with Gasteiger partial charge in [-0.1, -0.05) is 6.92 Å². The molecule has 3 heterocycles. The summed E-state index contributed by atoms with van der Waals surface area (Å²) in [6.07, 6.45) is 7.91. The summed E-state index contributed by atoms with van der Waals surface area (Å²) in [5, 5.41) is 3.65. The predicted molar refractivity (Wildman–Crippen MR) is 69.2 cm³/mol. The molecule has 2 saturated heterocycles. The minimum absolute atomic E-state index is 0.690. The van der Waals surface area contributed by atoms with Crippen LogP contribution < -0.4 is 10.2 Å². The van der Waals surface area contributed by atoms with Crippen molar-refractivity contribution in [2.75, 3.05) is 24.5 Å². The third-order valence-corrected chi connectivity index (χ3v) is 4.04. The number of aryl methyl sites for hydroxylation is 1. The van der Waals surface area contributed by atoms with Gasteiger partial charge in [0.1, 0.15) is 0 Å². The Morgan fingerprint density at radius 1 is 1.47 bits per heavy atom. The zero-order valence-corrected chi connectivity index (χ0v) is 10.6. The molecule has 0 bridgehead atoms. The van der Waals surface area contributed by atoms with Gasteiger partial charge in [-0.05, 0) is 31.7 Å². The highest BCUT2D eigenvalue weighted by Crippen LogP contribution is 2.28. The first-order valence-electron chi connectivity index (χ1n) is 6.88. The van der Waals surface area contributed by atoms with E-state index in [0.29, 0.717) is 6.04 Å². The second kappa shape index (κ2) is 4.69. The molecule has 4 heteroatoms. The van der Waals surface area contributed by atoms with Crippen molar-refractivity contribution < 1.29 is 0 Å². The third-order valence-electron chi connectivity index (χ3n) is 4.04. The Bertz CT molecular complexity index is 359. The molecule has 0 unspecified atom stereocenters. The molecular formula is C13H22N4. The van der Waals surface area contributed by atoms with Crippen LogP contribution in [0.3, 0.4) is 0 Å². The minimum Gasteiger partial charge on any atom is -0.340 e. The monoisotopic (exact) mass is 234 g/mol. The van der Waals surface area contributed by atoms with Gasteiger partial charge in [0.25, 0.3) is 0 Å². The lowest BCUT2D eigenvalue weighted by molar-refractivity contribution is 0.340. The van der Waals surface area contributed by atoms with E-state index in [9.17, 15) is 0 Å². The molecule has 17 heavy (non-hydrogen) atoms. The number of hydrogen-bond donors (Lipinski definition) is 1. The summed E-state index contributed by atoms with van der Waals surface area (Å²) < 4.78 is 2.29. The van der Waals surface area contributed by atoms with Crippen LogP contribution in [0, 0.1) is 5.92 Å². The highest BCUT2D eigenvalue weighted by molar-refractivity contribution is 5.34. The molecule has 2 aliphatic rings.